The van der Waals surface area contributed by atoms with E-state index in [9.17, 15) is 4.79 Å². The van der Waals surface area contributed by atoms with Crippen molar-refractivity contribution in [1.82, 2.24) is 14.8 Å². The number of para-hydroxylation sites is 1. The fourth-order valence-electron chi connectivity index (χ4n) is 4.61. The molecule has 2 aliphatic heterocycles. The molecule has 3 heterocycles. The maximum atomic E-state index is 12.9. The third kappa shape index (κ3) is 2.53. The summed E-state index contributed by atoms with van der Waals surface area (Å²) in [6.07, 6.45) is 6.75. The first kappa shape index (κ1) is 15.7. The van der Waals surface area contributed by atoms with Gasteiger partial charge in [0.2, 0.25) is 0 Å². The maximum Gasteiger partial charge on any atom is 0.253 e. The summed E-state index contributed by atoms with van der Waals surface area (Å²) in [7, 11) is 2.23. The maximum absolute atomic E-state index is 12.9. The number of carbonyl (C=O) groups excluding carboxylic acids is 1. The molecule has 1 aromatic carbocycles. The molecule has 4 nitrogen and oxygen atoms in total. The minimum Gasteiger partial charge on any atom is -0.349 e. The van der Waals surface area contributed by atoms with Crippen LogP contribution in [0.25, 0.3) is 10.9 Å². The van der Waals surface area contributed by atoms with Crippen LogP contribution >= 0.6 is 0 Å². The van der Waals surface area contributed by atoms with Gasteiger partial charge in [-0.15, -0.1) is 0 Å². The summed E-state index contributed by atoms with van der Waals surface area (Å²) >= 11 is 0. The van der Waals surface area contributed by atoms with Gasteiger partial charge in [-0.1, -0.05) is 18.2 Å². The Labute approximate surface area is 143 Å². The quantitative estimate of drug-likeness (QED) is 0.936. The second-order valence-corrected chi connectivity index (χ2v) is 7.75. The fourth-order valence-corrected chi connectivity index (χ4v) is 4.61. The lowest BCUT2D eigenvalue weighted by Gasteiger charge is -2.36. The number of aromatic nitrogens is 1. The molecule has 0 spiro atoms. The predicted molar refractivity (Wildman–Crippen MR) is 97.4 cm³/mol. The van der Waals surface area contributed by atoms with E-state index in [4.69, 9.17) is 0 Å². The summed E-state index contributed by atoms with van der Waals surface area (Å²) in [5, 5.41) is 4.38. The van der Waals surface area contributed by atoms with Crippen molar-refractivity contribution >= 4 is 16.8 Å². The van der Waals surface area contributed by atoms with E-state index in [0.717, 1.165) is 29.3 Å². The molecule has 4 heteroatoms. The number of hydrogen-bond donors (Lipinski definition) is 1. The Morgan fingerprint density at radius 2 is 1.83 bits per heavy atom. The van der Waals surface area contributed by atoms with E-state index in [-0.39, 0.29) is 5.91 Å². The summed E-state index contributed by atoms with van der Waals surface area (Å²) in [4.78, 5) is 15.4. The molecule has 0 radical (unpaired) electrons. The highest BCUT2D eigenvalue weighted by atomic mass is 16.1. The Bertz CT molecular complexity index is 749. The van der Waals surface area contributed by atoms with E-state index in [2.05, 4.69) is 47.8 Å². The number of fused-ring (bicyclic) bond motifs is 3. The molecule has 0 aliphatic carbocycles. The number of amides is 1. The SMILES string of the molecule is CC(C)n1cc(C(=O)NC2C[C@H]3CC[C@@H](C2)N3C)c2ccccc21. The van der Waals surface area contributed by atoms with Gasteiger partial charge >= 0.3 is 0 Å². The topological polar surface area (TPSA) is 37.3 Å². The van der Waals surface area contributed by atoms with Crippen molar-refractivity contribution in [2.24, 2.45) is 0 Å². The zero-order chi connectivity index (χ0) is 16.8. The molecule has 128 valence electrons. The van der Waals surface area contributed by atoms with Gasteiger partial charge in [0, 0.05) is 41.3 Å². The molecule has 1 aromatic heterocycles. The molecule has 0 saturated carbocycles. The molecule has 1 N–H and O–H groups in total. The lowest BCUT2D eigenvalue weighted by Crippen LogP contribution is -2.48. The van der Waals surface area contributed by atoms with Crippen molar-refractivity contribution in [3.8, 4) is 0 Å². The van der Waals surface area contributed by atoms with Gasteiger partial charge in [0.15, 0.2) is 0 Å². The standard InChI is InChI=1S/C20H27N3O/c1-13(2)23-12-18(17-6-4-5-7-19(17)23)20(24)21-14-10-15-8-9-16(11-14)22(15)3/h4-7,12-16H,8-11H2,1-3H3,(H,21,24)/t14?,15-,16+. The fraction of sp³-hybridized carbons (Fsp3) is 0.550. The average Bonchev–Trinajstić information content (AvgIpc) is 3.02. The lowest BCUT2D eigenvalue weighted by atomic mass is 9.97. The monoisotopic (exact) mass is 325 g/mol. The van der Waals surface area contributed by atoms with Crippen LogP contribution in [0.5, 0.6) is 0 Å². The Hall–Kier alpha value is -1.81. The Balaban J connectivity index is 1.58. The lowest BCUT2D eigenvalue weighted by molar-refractivity contribution is 0.0884. The largest absolute Gasteiger partial charge is 0.349 e. The molecule has 1 amide bonds. The Morgan fingerprint density at radius 3 is 2.50 bits per heavy atom. The number of nitrogens with one attached hydrogen (secondary N) is 1. The normalized spacial score (nSPS) is 27.1. The van der Waals surface area contributed by atoms with Crippen LogP contribution in [0.1, 0.15) is 55.9 Å². The number of nitrogens with zero attached hydrogens (tertiary/aromatic N) is 2. The minimum absolute atomic E-state index is 0.0829. The summed E-state index contributed by atoms with van der Waals surface area (Å²) in [6, 6.07) is 10.2. The van der Waals surface area contributed by atoms with Crippen molar-refractivity contribution in [3.05, 3.63) is 36.0 Å². The second kappa shape index (κ2) is 5.92. The van der Waals surface area contributed by atoms with Crippen LogP contribution in [0.15, 0.2) is 30.5 Å². The molecule has 2 bridgehead atoms. The molecule has 2 aromatic rings. The van der Waals surface area contributed by atoms with E-state index >= 15 is 0 Å². The molecule has 1 unspecified atom stereocenters. The van der Waals surface area contributed by atoms with Gasteiger partial charge in [-0.25, -0.2) is 0 Å². The van der Waals surface area contributed by atoms with Crippen LogP contribution < -0.4 is 5.32 Å². The van der Waals surface area contributed by atoms with Gasteiger partial charge in [-0.2, -0.15) is 0 Å². The van der Waals surface area contributed by atoms with Gasteiger partial charge in [0.25, 0.3) is 5.91 Å². The molecular weight excluding hydrogens is 298 g/mol. The van der Waals surface area contributed by atoms with Crippen LogP contribution in [0.2, 0.25) is 0 Å². The van der Waals surface area contributed by atoms with Gasteiger partial charge in [0.1, 0.15) is 0 Å². The zero-order valence-corrected chi connectivity index (χ0v) is 14.8. The third-order valence-corrected chi connectivity index (χ3v) is 5.97. The van der Waals surface area contributed by atoms with Crippen molar-refractivity contribution in [2.45, 2.75) is 63.7 Å². The minimum atomic E-state index is 0.0829. The molecule has 4 rings (SSSR count). The van der Waals surface area contributed by atoms with Crippen LogP contribution in [-0.2, 0) is 0 Å². The summed E-state index contributed by atoms with van der Waals surface area (Å²) < 4.78 is 2.20. The van der Waals surface area contributed by atoms with E-state index < -0.39 is 0 Å². The van der Waals surface area contributed by atoms with Crippen LogP contribution in [0.4, 0.5) is 0 Å². The van der Waals surface area contributed by atoms with E-state index in [1.807, 2.05) is 18.3 Å². The second-order valence-electron chi connectivity index (χ2n) is 7.75. The molecule has 2 saturated heterocycles. The van der Waals surface area contributed by atoms with Crippen molar-refractivity contribution in [3.63, 3.8) is 0 Å². The zero-order valence-electron chi connectivity index (χ0n) is 14.8. The molecule has 2 aliphatic rings. The van der Waals surface area contributed by atoms with Gasteiger partial charge in [-0.3, -0.25) is 4.79 Å². The first-order valence-electron chi connectivity index (χ1n) is 9.17. The Morgan fingerprint density at radius 1 is 1.17 bits per heavy atom. The van der Waals surface area contributed by atoms with Crippen molar-refractivity contribution in [1.29, 1.82) is 0 Å². The summed E-state index contributed by atoms with van der Waals surface area (Å²) in [5.41, 5.74) is 1.95. The molecule has 2 fully saturated rings. The van der Waals surface area contributed by atoms with E-state index in [1.165, 1.54) is 12.8 Å². The highest BCUT2D eigenvalue weighted by molar-refractivity contribution is 6.07. The number of rotatable bonds is 3. The van der Waals surface area contributed by atoms with Crippen LogP contribution in [-0.4, -0.2) is 40.5 Å². The number of piperidine rings is 1. The highest BCUT2D eigenvalue weighted by Crippen LogP contribution is 2.34. The molecule has 24 heavy (non-hydrogen) atoms. The van der Waals surface area contributed by atoms with Crippen LogP contribution in [0, 0.1) is 0 Å². The summed E-state index contributed by atoms with van der Waals surface area (Å²) in [6.45, 7) is 4.31. The number of carbonyl (C=O) groups is 1. The highest BCUT2D eigenvalue weighted by Gasteiger charge is 2.39. The molecular formula is C20H27N3O. The number of hydrogen-bond acceptors (Lipinski definition) is 2. The third-order valence-electron chi connectivity index (χ3n) is 5.97. The van der Waals surface area contributed by atoms with E-state index in [1.54, 1.807) is 0 Å². The smallest absolute Gasteiger partial charge is 0.253 e. The predicted octanol–water partition coefficient (Wildman–Crippen LogP) is 3.58. The van der Waals surface area contributed by atoms with E-state index in [0.29, 0.717) is 24.2 Å². The number of benzene rings is 1. The van der Waals surface area contributed by atoms with Gasteiger partial charge in [0.05, 0.1) is 5.56 Å². The summed E-state index contributed by atoms with van der Waals surface area (Å²) in [5.74, 6) is 0.0829. The van der Waals surface area contributed by atoms with Gasteiger partial charge in [-0.05, 0) is 52.6 Å². The molecule has 3 atom stereocenters. The van der Waals surface area contributed by atoms with Crippen molar-refractivity contribution < 1.29 is 4.79 Å². The first-order chi connectivity index (χ1) is 11.5. The first-order valence-corrected chi connectivity index (χ1v) is 9.17. The van der Waals surface area contributed by atoms with Crippen molar-refractivity contribution in [2.75, 3.05) is 7.05 Å². The Kier molecular flexibility index (Phi) is 3.87. The van der Waals surface area contributed by atoms with Crippen LogP contribution in [0.3, 0.4) is 0 Å². The average molecular weight is 325 g/mol. The van der Waals surface area contributed by atoms with Gasteiger partial charge < -0.3 is 14.8 Å².